The van der Waals surface area contributed by atoms with E-state index in [1.165, 1.54) is 32.1 Å². The summed E-state index contributed by atoms with van der Waals surface area (Å²) in [7, 11) is 0. The van der Waals surface area contributed by atoms with Gasteiger partial charge >= 0.3 is 0 Å². The van der Waals surface area contributed by atoms with Crippen molar-refractivity contribution in [2.75, 3.05) is 6.54 Å². The fraction of sp³-hybridized carbons (Fsp3) is 0.923. The molecule has 0 radical (unpaired) electrons. The molecule has 15 heavy (non-hydrogen) atoms. The quantitative estimate of drug-likeness (QED) is 0.566. The van der Waals surface area contributed by atoms with Gasteiger partial charge in [0.2, 0.25) is 0 Å². The Morgan fingerprint density at radius 2 is 1.67 bits per heavy atom. The van der Waals surface area contributed by atoms with Crippen LogP contribution >= 0.6 is 0 Å². The molecule has 1 unspecified atom stereocenters. The van der Waals surface area contributed by atoms with E-state index in [1.54, 1.807) is 0 Å². The summed E-state index contributed by atoms with van der Waals surface area (Å²) in [6.07, 6.45) is 9.09. The predicted molar refractivity (Wildman–Crippen MR) is 65.8 cm³/mol. The molecule has 0 heterocycles. The lowest BCUT2D eigenvalue weighted by molar-refractivity contribution is -0.122. The number of ketones is 1. The number of rotatable bonds is 10. The molecule has 0 aliphatic heterocycles. The summed E-state index contributed by atoms with van der Waals surface area (Å²) < 4.78 is 0. The van der Waals surface area contributed by atoms with Gasteiger partial charge in [0.05, 0.1) is 0 Å². The standard InChI is InChI=1S/C13H27NO/c1-3-5-6-7-8-9-10-13(15)12(4-2)11-14/h12H,3-11,14H2,1-2H3. The molecule has 90 valence electrons. The van der Waals surface area contributed by atoms with Gasteiger partial charge in [0.1, 0.15) is 5.78 Å². The summed E-state index contributed by atoms with van der Waals surface area (Å²) >= 11 is 0. The molecule has 0 saturated carbocycles. The lowest BCUT2D eigenvalue weighted by Crippen LogP contribution is -2.22. The highest BCUT2D eigenvalue weighted by Crippen LogP contribution is 2.11. The number of hydrogen-bond donors (Lipinski definition) is 1. The van der Waals surface area contributed by atoms with E-state index in [0.717, 1.165) is 19.3 Å². The predicted octanol–water partition coefficient (Wildman–Crippen LogP) is 3.29. The molecule has 0 rings (SSSR count). The SMILES string of the molecule is CCCCCCCCC(=O)C(CC)CN. The maximum atomic E-state index is 11.6. The fourth-order valence-electron chi connectivity index (χ4n) is 1.81. The first kappa shape index (κ1) is 14.6. The Kier molecular flexibility index (Phi) is 9.91. The van der Waals surface area contributed by atoms with Gasteiger partial charge in [-0.1, -0.05) is 46.0 Å². The van der Waals surface area contributed by atoms with Crippen LogP contribution in [0.25, 0.3) is 0 Å². The van der Waals surface area contributed by atoms with Crippen LogP contribution in [0.4, 0.5) is 0 Å². The third-order valence-electron chi connectivity index (χ3n) is 3.01. The molecule has 2 heteroatoms. The molecule has 0 aliphatic rings. The van der Waals surface area contributed by atoms with Crippen LogP contribution < -0.4 is 5.73 Å². The van der Waals surface area contributed by atoms with Crippen molar-refractivity contribution in [1.82, 2.24) is 0 Å². The molecule has 2 nitrogen and oxygen atoms in total. The zero-order valence-electron chi connectivity index (χ0n) is 10.4. The summed E-state index contributed by atoms with van der Waals surface area (Å²) in [5.74, 6) is 0.483. The maximum absolute atomic E-state index is 11.6. The van der Waals surface area contributed by atoms with Gasteiger partial charge in [-0.2, -0.15) is 0 Å². The van der Waals surface area contributed by atoms with E-state index in [4.69, 9.17) is 5.73 Å². The molecular weight excluding hydrogens is 186 g/mol. The van der Waals surface area contributed by atoms with Crippen LogP contribution in [0.3, 0.4) is 0 Å². The van der Waals surface area contributed by atoms with Crippen molar-refractivity contribution < 1.29 is 4.79 Å². The monoisotopic (exact) mass is 213 g/mol. The third-order valence-corrected chi connectivity index (χ3v) is 3.01. The molecule has 2 N–H and O–H groups in total. The lowest BCUT2D eigenvalue weighted by Gasteiger charge is -2.10. The van der Waals surface area contributed by atoms with E-state index in [2.05, 4.69) is 6.92 Å². The second-order valence-electron chi connectivity index (χ2n) is 4.32. The van der Waals surface area contributed by atoms with Crippen LogP contribution in [0.2, 0.25) is 0 Å². The van der Waals surface area contributed by atoms with Crippen LogP contribution in [0.15, 0.2) is 0 Å². The van der Waals surface area contributed by atoms with E-state index in [1.807, 2.05) is 6.92 Å². The van der Waals surface area contributed by atoms with E-state index >= 15 is 0 Å². The molecule has 0 aliphatic carbocycles. The highest BCUT2D eigenvalue weighted by atomic mass is 16.1. The summed E-state index contributed by atoms with van der Waals surface area (Å²) in [5.41, 5.74) is 5.53. The number of Topliss-reactive ketones (excluding diaryl/α,β-unsaturated/α-hetero) is 1. The molecule has 0 aromatic heterocycles. The molecule has 0 bridgehead atoms. The van der Waals surface area contributed by atoms with Gasteiger partial charge < -0.3 is 5.73 Å². The molecule has 0 saturated heterocycles. The lowest BCUT2D eigenvalue weighted by atomic mass is 9.96. The van der Waals surface area contributed by atoms with Crippen LogP contribution in [0.5, 0.6) is 0 Å². The zero-order valence-corrected chi connectivity index (χ0v) is 10.4. The van der Waals surface area contributed by atoms with Gasteiger partial charge in [0, 0.05) is 18.9 Å². The average Bonchev–Trinajstić information content (AvgIpc) is 2.25. The fourth-order valence-corrected chi connectivity index (χ4v) is 1.81. The largest absolute Gasteiger partial charge is 0.330 e. The minimum absolute atomic E-state index is 0.112. The first-order valence-electron chi connectivity index (χ1n) is 6.49. The highest BCUT2D eigenvalue weighted by molar-refractivity contribution is 5.81. The Bertz CT molecular complexity index is 153. The van der Waals surface area contributed by atoms with Gasteiger partial charge in [-0.15, -0.1) is 0 Å². The van der Waals surface area contributed by atoms with Gasteiger partial charge in [0.15, 0.2) is 0 Å². The molecule has 0 aromatic carbocycles. The summed E-state index contributed by atoms with van der Waals surface area (Å²) in [6.45, 7) is 4.78. The normalized spacial score (nSPS) is 12.7. The van der Waals surface area contributed by atoms with Gasteiger partial charge in [-0.3, -0.25) is 4.79 Å². The van der Waals surface area contributed by atoms with Crippen LogP contribution in [-0.4, -0.2) is 12.3 Å². The van der Waals surface area contributed by atoms with E-state index in [0.29, 0.717) is 12.3 Å². The summed E-state index contributed by atoms with van der Waals surface area (Å²) in [6, 6.07) is 0. The van der Waals surface area contributed by atoms with Crippen LogP contribution in [0, 0.1) is 5.92 Å². The maximum Gasteiger partial charge on any atom is 0.137 e. The van der Waals surface area contributed by atoms with Crippen molar-refractivity contribution in [2.45, 2.75) is 65.2 Å². The van der Waals surface area contributed by atoms with Crippen LogP contribution in [0.1, 0.15) is 65.2 Å². The number of unbranched alkanes of at least 4 members (excludes halogenated alkanes) is 5. The van der Waals surface area contributed by atoms with Crippen molar-refractivity contribution >= 4 is 5.78 Å². The minimum Gasteiger partial charge on any atom is -0.330 e. The first-order valence-corrected chi connectivity index (χ1v) is 6.49. The molecule has 0 fully saturated rings. The Hall–Kier alpha value is -0.370. The average molecular weight is 213 g/mol. The second kappa shape index (κ2) is 10.2. The molecule has 0 spiro atoms. The Morgan fingerprint density at radius 1 is 1.07 bits per heavy atom. The van der Waals surface area contributed by atoms with Crippen molar-refractivity contribution in [3.05, 3.63) is 0 Å². The van der Waals surface area contributed by atoms with Crippen molar-refractivity contribution in [1.29, 1.82) is 0 Å². The van der Waals surface area contributed by atoms with E-state index in [-0.39, 0.29) is 5.92 Å². The Labute approximate surface area is 94.6 Å². The minimum atomic E-state index is 0.112. The highest BCUT2D eigenvalue weighted by Gasteiger charge is 2.13. The Morgan fingerprint density at radius 3 is 2.20 bits per heavy atom. The summed E-state index contributed by atoms with van der Waals surface area (Å²) in [4.78, 5) is 11.6. The first-order chi connectivity index (χ1) is 7.26. The van der Waals surface area contributed by atoms with Crippen molar-refractivity contribution in [3.63, 3.8) is 0 Å². The second-order valence-corrected chi connectivity index (χ2v) is 4.32. The number of carbonyl (C=O) groups excluding carboxylic acids is 1. The molecule has 0 aromatic rings. The molecule has 1 atom stereocenters. The topological polar surface area (TPSA) is 43.1 Å². The van der Waals surface area contributed by atoms with Crippen LogP contribution in [-0.2, 0) is 4.79 Å². The number of nitrogens with two attached hydrogens (primary N) is 1. The van der Waals surface area contributed by atoms with Gasteiger partial charge in [-0.05, 0) is 12.8 Å². The van der Waals surface area contributed by atoms with Crippen molar-refractivity contribution in [2.24, 2.45) is 11.7 Å². The van der Waals surface area contributed by atoms with E-state index < -0.39 is 0 Å². The van der Waals surface area contributed by atoms with Gasteiger partial charge in [0.25, 0.3) is 0 Å². The van der Waals surface area contributed by atoms with E-state index in [9.17, 15) is 4.79 Å². The van der Waals surface area contributed by atoms with Crippen molar-refractivity contribution in [3.8, 4) is 0 Å². The Balaban J connectivity index is 3.38. The third kappa shape index (κ3) is 7.55. The van der Waals surface area contributed by atoms with Gasteiger partial charge in [-0.25, -0.2) is 0 Å². The summed E-state index contributed by atoms with van der Waals surface area (Å²) in [5, 5.41) is 0. The number of carbonyl (C=O) groups is 1. The molecule has 0 amide bonds. The zero-order chi connectivity index (χ0) is 11.5. The number of hydrogen-bond acceptors (Lipinski definition) is 2. The molecular formula is C13H27NO. The smallest absolute Gasteiger partial charge is 0.137 e.